The second-order valence-electron chi connectivity index (χ2n) is 5.09. The van der Waals surface area contributed by atoms with Gasteiger partial charge in [-0.1, -0.05) is 6.07 Å². The number of fused-ring (bicyclic) bond motifs is 1. The maximum absolute atomic E-state index is 12.2. The molecule has 0 atom stereocenters. The number of hydrogen-bond donors (Lipinski definition) is 1. The summed E-state index contributed by atoms with van der Waals surface area (Å²) in [6.45, 7) is 1.67. The first kappa shape index (κ1) is 11.2. The highest BCUT2D eigenvalue weighted by atomic mass is 32.2. The van der Waals surface area contributed by atoms with Crippen LogP contribution in [0.5, 0.6) is 0 Å². The molecule has 2 aliphatic rings. The van der Waals surface area contributed by atoms with E-state index in [1.807, 2.05) is 12.1 Å². The molecule has 92 valence electrons. The van der Waals surface area contributed by atoms with E-state index in [-0.39, 0.29) is 0 Å². The molecule has 1 saturated heterocycles. The molecule has 1 N–H and O–H groups in total. The summed E-state index contributed by atoms with van der Waals surface area (Å²) in [7, 11) is -3.08. The Hall–Kier alpha value is -0.870. The van der Waals surface area contributed by atoms with Gasteiger partial charge in [0.2, 0.25) is 0 Å². The molecule has 1 heterocycles. The Bertz CT molecular complexity index is 532. The Morgan fingerprint density at radius 3 is 2.65 bits per heavy atom. The molecule has 1 aliphatic carbocycles. The molecule has 0 spiro atoms. The fourth-order valence-electron chi connectivity index (χ4n) is 2.61. The molecule has 17 heavy (non-hydrogen) atoms. The Balaban J connectivity index is 1.87. The number of nitrogens with one attached hydrogen (secondary N) is 1. The fourth-order valence-corrected chi connectivity index (χ4v) is 4.26. The molecule has 0 aromatic heterocycles. The highest BCUT2D eigenvalue weighted by molar-refractivity contribution is 7.91. The van der Waals surface area contributed by atoms with Gasteiger partial charge in [-0.15, -0.1) is 0 Å². The highest BCUT2D eigenvalue weighted by Crippen LogP contribution is 2.26. The van der Waals surface area contributed by atoms with Crippen LogP contribution in [0.1, 0.15) is 17.5 Å². The third-order valence-electron chi connectivity index (χ3n) is 3.75. The minimum atomic E-state index is -3.08. The van der Waals surface area contributed by atoms with E-state index in [0.29, 0.717) is 16.6 Å². The van der Waals surface area contributed by atoms with Gasteiger partial charge in [0.15, 0.2) is 9.84 Å². The average molecular weight is 251 g/mol. The van der Waals surface area contributed by atoms with Crippen molar-refractivity contribution in [3.8, 4) is 0 Å². The molecule has 0 radical (unpaired) electrons. The molecule has 1 aromatic carbocycles. The molecule has 0 amide bonds. The Morgan fingerprint density at radius 1 is 1.18 bits per heavy atom. The lowest BCUT2D eigenvalue weighted by Crippen LogP contribution is -2.45. The molecular formula is C13H17NO2S. The molecule has 1 aliphatic heterocycles. The fraction of sp³-hybridized carbons (Fsp3) is 0.538. The zero-order valence-electron chi connectivity index (χ0n) is 9.78. The van der Waals surface area contributed by atoms with E-state index in [1.165, 1.54) is 11.1 Å². The summed E-state index contributed by atoms with van der Waals surface area (Å²) in [6, 6.07) is 5.67. The Morgan fingerprint density at radius 2 is 1.94 bits per heavy atom. The number of aryl methyl sites for hydroxylation is 2. The number of hydrogen-bond acceptors (Lipinski definition) is 3. The van der Waals surface area contributed by atoms with Crippen LogP contribution >= 0.6 is 0 Å². The van der Waals surface area contributed by atoms with Gasteiger partial charge >= 0.3 is 0 Å². The van der Waals surface area contributed by atoms with Gasteiger partial charge in [0, 0.05) is 13.1 Å². The predicted octanol–water partition coefficient (Wildman–Crippen LogP) is 1.17. The standard InChI is InChI=1S/C13H17NO2S/c15-17(16,9-10-7-14-8-10)13-5-4-11-2-1-3-12(11)6-13/h4-6,10,14H,1-3,7-9H2. The first-order valence-corrected chi connectivity index (χ1v) is 7.86. The van der Waals surface area contributed by atoms with Gasteiger partial charge in [-0.2, -0.15) is 0 Å². The maximum atomic E-state index is 12.2. The minimum absolute atomic E-state index is 0.290. The summed E-state index contributed by atoms with van der Waals surface area (Å²) >= 11 is 0. The Kier molecular flexibility index (Phi) is 2.71. The topological polar surface area (TPSA) is 46.2 Å². The molecule has 0 saturated carbocycles. The SMILES string of the molecule is O=S(=O)(CC1CNC1)c1ccc2c(c1)CCC2. The maximum Gasteiger partial charge on any atom is 0.178 e. The predicted molar refractivity (Wildman–Crippen MR) is 66.9 cm³/mol. The smallest absolute Gasteiger partial charge is 0.178 e. The van der Waals surface area contributed by atoms with E-state index in [0.717, 1.165) is 32.4 Å². The highest BCUT2D eigenvalue weighted by Gasteiger charge is 2.26. The number of rotatable bonds is 3. The van der Waals surface area contributed by atoms with Crippen molar-refractivity contribution in [1.29, 1.82) is 0 Å². The van der Waals surface area contributed by atoms with Gasteiger partial charge in [0.05, 0.1) is 10.6 Å². The van der Waals surface area contributed by atoms with Gasteiger partial charge in [-0.3, -0.25) is 0 Å². The van der Waals surface area contributed by atoms with Crippen molar-refractivity contribution >= 4 is 9.84 Å². The average Bonchev–Trinajstić information content (AvgIpc) is 2.70. The van der Waals surface area contributed by atoms with Crippen LogP contribution in [0.4, 0.5) is 0 Å². The lowest BCUT2D eigenvalue weighted by molar-refractivity contribution is 0.378. The van der Waals surface area contributed by atoms with Crippen molar-refractivity contribution in [1.82, 2.24) is 5.32 Å². The molecule has 3 rings (SSSR count). The van der Waals surface area contributed by atoms with Crippen LogP contribution in [0.25, 0.3) is 0 Å². The largest absolute Gasteiger partial charge is 0.316 e. The molecule has 0 unspecified atom stereocenters. The second-order valence-corrected chi connectivity index (χ2v) is 7.12. The van der Waals surface area contributed by atoms with Gasteiger partial charge in [0.1, 0.15) is 0 Å². The van der Waals surface area contributed by atoms with Gasteiger partial charge in [0.25, 0.3) is 0 Å². The van der Waals surface area contributed by atoms with Crippen molar-refractivity contribution < 1.29 is 8.42 Å². The van der Waals surface area contributed by atoms with Crippen molar-refractivity contribution in [2.75, 3.05) is 18.8 Å². The van der Waals surface area contributed by atoms with Crippen LogP contribution < -0.4 is 5.32 Å². The van der Waals surface area contributed by atoms with Crippen LogP contribution in [0.15, 0.2) is 23.1 Å². The van der Waals surface area contributed by atoms with Crippen LogP contribution in [0.3, 0.4) is 0 Å². The number of sulfone groups is 1. The summed E-state index contributed by atoms with van der Waals surface area (Å²) in [5.74, 6) is 0.590. The van der Waals surface area contributed by atoms with E-state index < -0.39 is 9.84 Å². The van der Waals surface area contributed by atoms with E-state index >= 15 is 0 Å². The zero-order chi connectivity index (χ0) is 11.9. The third kappa shape index (κ3) is 2.11. The quantitative estimate of drug-likeness (QED) is 0.877. The summed E-state index contributed by atoms with van der Waals surface area (Å²) in [5.41, 5.74) is 2.56. The van der Waals surface area contributed by atoms with Crippen LogP contribution in [-0.2, 0) is 22.7 Å². The lowest BCUT2D eigenvalue weighted by Gasteiger charge is -2.26. The van der Waals surface area contributed by atoms with Crippen LogP contribution in [-0.4, -0.2) is 27.3 Å². The Labute approximate surface area is 102 Å². The summed E-state index contributed by atoms with van der Waals surface area (Å²) in [4.78, 5) is 0.519. The summed E-state index contributed by atoms with van der Waals surface area (Å²) < 4.78 is 24.4. The first-order valence-electron chi connectivity index (χ1n) is 6.20. The second kappa shape index (κ2) is 4.10. The molecule has 4 heteroatoms. The lowest BCUT2D eigenvalue weighted by atomic mass is 10.1. The van der Waals surface area contributed by atoms with E-state index in [9.17, 15) is 8.42 Å². The van der Waals surface area contributed by atoms with Crippen LogP contribution in [0.2, 0.25) is 0 Å². The molecule has 1 aromatic rings. The van der Waals surface area contributed by atoms with Crippen molar-refractivity contribution in [3.05, 3.63) is 29.3 Å². The van der Waals surface area contributed by atoms with Crippen molar-refractivity contribution in [2.45, 2.75) is 24.2 Å². The van der Waals surface area contributed by atoms with Crippen molar-refractivity contribution in [3.63, 3.8) is 0 Å². The monoisotopic (exact) mass is 251 g/mol. The molecule has 3 nitrogen and oxygen atoms in total. The van der Waals surface area contributed by atoms with Gasteiger partial charge < -0.3 is 5.32 Å². The van der Waals surface area contributed by atoms with Crippen molar-refractivity contribution in [2.24, 2.45) is 5.92 Å². The van der Waals surface area contributed by atoms with E-state index in [2.05, 4.69) is 5.32 Å². The molecule has 1 fully saturated rings. The normalized spacial score (nSPS) is 20.0. The van der Waals surface area contributed by atoms with Crippen LogP contribution in [0, 0.1) is 5.92 Å². The van der Waals surface area contributed by atoms with Gasteiger partial charge in [-0.05, 0) is 48.4 Å². The number of benzene rings is 1. The molecule has 0 bridgehead atoms. The first-order chi connectivity index (χ1) is 8.15. The van der Waals surface area contributed by atoms with Gasteiger partial charge in [-0.25, -0.2) is 8.42 Å². The zero-order valence-corrected chi connectivity index (χ0v) is 10.6. The van der Waals surface area contributed by atoms with E-state index in [4.69, 9.17) is 0 Å². The summed E-state index contributed by atoms with van der Waals surface area (Å²) in [5, 5.41) is 3.11. The third-order valence-corrected chi connectivity index (χ3v) is 5.63. The minimum Gasteiger partial charge on any atom is -0.316 e. The molecular weight excluding hydrogens is 234 g/mol. The summed E-state index contributed by atoms with van der Waals surface area (Å²) in [6.07, 6.45) is 3.29. The van der Waals surface area contributed by atoms with E-state index in [1.54, 1.807) is 6.07 Å².